The summed E-state index contributed by atoms with van der Waals surface area (Å²) < 4.78 is 5.13. The van der Waals surface area contributed by atoms with Crippen molar-refractivity contribution in [2.75, 3.05) is 11.9 Å². The minimum Gasteiger partial charge on any atom is -0.508 e. The molecule has 0 fully saturated rings. The van der Waals surface area contributed by atoms with Gasteiger partial charge in [-0.3, -0.25) is 5.32 Å². The topological polar surface area (TPSA) is 58.6 Å². The van der Waals surface area contributed by atoms with E-state index in [2.05, 4.69) is 12.2 Å². The Labute approximate surface area is 140 Å². The zero-order valence-corrected chi connectivity index (χ0v) is 14.4. The van der Waals surface area contributed by atoms with Crippen LogP contribution in [0.4, 0.5) is 10.5 Å². The second-order valence-corrected chi connectivity index (χ2v) is 5.99. The molecule has 1 aromatic carbocycles. The van der Waals surface area contributed by atoms with Gasteiger partial charge in [0.25, 0.3) is 0 Å². The van der Waals surface area contributed by atoms with Crippen molar-refractivity contribution < 1.29 is 14.6 Å². The number of rotatable bonds is 12. The third-order valence-electron chi connectivity index (χ3n) is 3.82. The Bertz CT molecular complexity index is 434. The number of unbranched alkanes of at least 4 members (excludes halogenated alkanes) is 9. The number of nitrogens with one attached hydrogen (secondary N) is 1. The molecule has 0 aliphatic carbocycles. The number of anilines is 1. The second-order valence-electron chi connectivity index (χ2n) is 5.99. The van der Waals surface area contributed by atoms with E-state index in [1.54, 1.807) is 18.2 Å². The number of carbonyl (C=O) groups excluding carboxylic acids is 1. The second kappa shape index (κ2) is 12.8. The highest BCUT2D eigenvalue weighted by atomic mass is 16.5. The first-order chi connectivity index (χ1) is 11.2. The summed E-state index contributed by atoms with van der Waals surface area (Å²) in [5, 5.41) is 11.9. The van der Waals surface area contributed by atoms with E-state index in [4.69, 9.17) is 4.74 Å². The van der Waals surface area contributed by atoms with Crippen molar-refractivity contribution in [3.8, 4) is 5.75 Å². The number of carbonyl (C=O) groups is 1. The molecule has 0 atom stereocenters. The molecular formula is C19H31NO3. The molecule has 0 aliphatic rings. The van der Waals surface area contributed by atoms with E-state index in [-0.39, 0.29) is 5.75 Å². The van der Waals surface area contributed by atoms with Gasteiger partial charge in [0.1, 0.15) is 5.75 Å². The third-order valence-corrected chi connectivity index (χ3v) is 3.82. The highest BCUT2D eigenvalue weighted by Gasteiger charge is 2.03. The van der Waals surface area contributed by atoms with Gasteiger partial charge in [-0.1, -0.05) is 70.8 Å². The molecule has 4 heteroatoms. The first-order valence-corrected chi connectivity index (χ1v) is 8.95. The number of aromatic hydroxyl groups is 1. The molecule has 0 spiro atoms. The van der Waals surface area contributed by atoms with Crippen LogP contribution in [0, 0.1) is 0 Å². The Balaban J connectivity index is 1.91. The summed E-state index contributed by atoms with van der Waals surface area (Å²) in [7, 11) is 0. The van der Waals surface area contributed by atoms with Crippen LogP contribution in [-0.2, 0) is 4.74 Å². The largest absolute Gasteiger partial charge is 0.508 e. The highest BCUT2D eigenvalue weighted by molar-refractivity contribution is 5.84. The molecule has 0 aliphatic heterocycles. The van der Waals surface area contributed by atoms with Crippen molar-refractivity contribution in [2.24, 2.45) is 0 Å². The summed E-state index contributed by atoms with van der Waals surface area (Å²) in [5.74, 6) is 0.123. The lowest BCUT2D eigenvalue weighted by atomic mass is 10.1. The molecule has 2 N–H and O–H groups in total. The fourth-order valence-electron chi connectivity index (χ4n) is 2.49. The minimum absolute atomic E-state index is 0.123. The number of phenols is 1. The molecule has 23 heavy (non-hydrogen) atoms. The number of amides is 1. The van der Waals surface area contributed by atoms with Crippen molar-refractivity contribution in [1.82, 2.24) is 0 Å². The predicted octanol–water partition coefficient (Wildman–Crippen LogP) is 5.86. The molecule has 0 aromatic heterocycles. The van der Waals surface area contributed by atoms with E-state index >= 15 is 0 Å². The molecule has 1 aromatic rings. The van der Waals surface area contributed by atoms with Crippen molar-refractivity contribution in [2.45, 2.75) is 71.1 Å². The molecule has 0 heterocycles. The summed E-state index contributed by atoms with van der Waals surface area (Å²) in [6, 6.07) is 6.43. The normalized spacial score (nSPS) is 10.5. The third kappa shape index (κ3) is 10.6. The Morgan fingerprint density at radius 2 is 1.61 bits per heavy atom. The van der Waals surface area contributed by atoms with E-state index in [0.717, 1.165) is 12.8 Å². The van der Waals surface area contributed by atoms with E-state index < -0.39 is 6.09 Å². The Hall–Kier alpha value is -1.71. The van der Waals surface area contributed by atoms with Gasteiger partial charge >= 0.3 is 6.09 Å². The maximum Gasteiger partial charge on any atom is 0.411 e. The summed E-state index contributed by atoms with van der Waals surface area (Å²) in [5.41, 5.74) is 0.540. The highest BCUT2D eigenvalue weighted by Crippen LogP contribution is 2.15. The van der Waals surface area contributed by atoms with E-state index in [1.165, 1.54) is 57.4 Å². The number of benzene rings is 1. The fraction of sp³-hybridized carbons (Fsp3) is 0.632. The minimum atomic E-state index is -0.466. The SMILES string of the molecule is CCCCCCCCCCCCOC(=O)Nc1cccc(O)c1. The maximum atomic E-state index is 11.6. The molecular weight excluding hydrogens is 290 g/mol. The van der Waals surface area contributed by atoms with Crippen molar-refractivity contribution in [3.05, 3.63) is 24.3 Å². The molecule has 0 radical (unpaired) electrons. The molecule has 4 nitrogen and oxygen atoms in total. The van der Waals surface area contributed by atoms with Crippen LogP contribution in [0.15, 0.2) is 24.3 Å². The average molecular weight is 321 g/mol. The van der Waals surface area contributed by atoms with Gasteiger partial charge in [-0.2, -0.15) is 0 Å². The van der Waals surface area contributed by atoms with Gasteiger partial charge in [0, 0.05) is 11.8 Å². The smallest absolute Gasteiger partial charge is 0.411 e. The molecule has 0 saturated heterocycles. The van der Waals surface area contributed by atoms with Gasteiger partial charge in [0.15, 0.2) is 0 Å². The summed E-state index contributed by atoms with van der Waals surface area (Å²) in [4.78, 5) is 11.6. The van der Waals surface area contributed by atoms with Crippen molar-refractivity contribution in [3.63, 3.8) is 0 Å². The fourth-order valence-corrected chi connectivity index (χ4v) is 2.49. The Kier molecular flexibility index (Phi) is 10.8. The molecule has 0 saturated carbocycles. The van der Waals surface area contributed by atoms with Crippen LogP contribution < -0.4 is 5.32 Å². The molecule has 130 valence electrons. The summed E-state index contributed by atoms with van der Waals surface area (Å²) in [6.45, 7) is 2.69. The Morgan fingerprint density at radius 1 is 1.00 bits per heavy atom. The Morgan fingerprint density at radius 3 is 2.22 bits per heavy atom. The standard InChI is InChI=1S/C19H31NO3/c1-2-3-4-5-6-7-8-9-10-11-15-23-19(22)20-17-13-12-14-18(21)16-17/h12-14,16,21H,2-11,15H2,1H3,(H,20,22). The zero-order valence-electron chi connectivity index (χ0n) is 14.4. The van der Waals surface area contributed by atoms with Gasteiger partial charge < -0.3 is 9.84 Å². The van der Waals surface area contributed by atoms with E-state index in [0.29, 0.717) is 12.3 Å². The quantitative estimate of drug-likeness (QED) is 0.474. The number of phenolic OH excluding ortho intramolecular Hbond substituents is 1. The first kappa shape index (κ1) is 19.3. The molecule has 1 rings (SSSR count). The van der Waals surface area contributed by atoms with E-state index in [9.17, 15) is 9.90 Å². The van der Waals surface area contributed by atoms with E-state index in [1.807, 2.05) is 0 Å². The molecule has 1 amide bonds. The monoisotopic (exact) mass is 321 g/mol. The first-order valence-electron chi connectivity index (χ1n) is 8.95. The number of hydrogen-bond acceptors (Lipinski definition) is 3. The lowest BCUT2D eigenvalue weighted by Crippen LogP contribution is -2.14. The molecule has 0 bridgehead atoms. The van der Waals surface area contributed by atoms with Gasteiger partial charge in [-0.05, 0) is 18.6 Å². The van der Waals surface area contributed by atoms with Crippen LogP contribution in [0.5, 0.6) is 5.75 Å². The van der Waals surface area contributed by atoms with Crippen LogP contribution >= 0.6 is 0 Å². The van der Waals surface area contributed by atoms with Crippen LogP contribution in [0.1, 0.15) is 71.1 Å². The summed E-state index contributed by atoms with van der Waals surface area (Å²) >= 11 is 0. The lowest BCUT2D eigenvalue weighted by molar-refractivity contribution is 0.159. The van der Waals surface area contributed by atoms with Gasteiger partial charge in [0.05, 0.1) is 6.61 Å². The zero-order chi connectivity index (χ0) is 16.8. The maximum absolute atomic E-state index is 11.6. The molecule has 0 unspecified atom stereocenters. The number of hydrogen-bond donors (Lipinski definition) is 2. The van der Waals surface area contributed by atoms with Crippen molar-refractivity contribution in [1.29, 1.82) is 0 Å². The number of ether oxygens (including phenoxy) is 1. The summed E-state index contributed by atoms with van der Waals surface area (Å²) in [6.07, 6.45) is 12.1. The van der Waals surface area contributed by atoms with Crippen LogP contribution in [0.25, 0.3) is 0 Å². The lowest BCUT2D eigenvalue weighted by Gasteiger charge is -2.07. The van der Waals surface area contributed by atoms with Crippen LogP contribution in [0.3, 0.4) is 0 Å². The predicted molar refractivity (Wildman–Crippen MR) is 94.9 cm³/mol. The average Bonchev–Trinajstić information content (AvgIpc) is 2.52. The van der Waals surface area contributed by atoms with Crippen LogP contribution in [0.2, 0.25) is 0 Å². The van der Waals surface area contributed by atoms with Gasteiger partial charge in [-0.15, -0.1) is 0 Å². The van der Waals surface area contributed by atoms with Crippen LogP contribution in [-0.4, -0.2) is 17.8 Å². The van der Waals surface area contributed by atoms with Crippen molar-refractivity contribution >= 4 is 11.8 Å². The van der Waals surface area contributed by atoms with Gasteiger partial charge in [-0.25, -0.2) is 4.79 Å². The van der Waals surface area contributed by atoms with Gasteiger partial charge in [0.2, 0.25) is 0 Å².